The average Bonchev–Trinajstić information content (AvgIpc) is 2.84. The van der Waals surface area contributed by atoms with E-state index in [0.29, 0.717) is 6.61 Å². The molecule has 1 saturated heterocycles. The fourth-order valence-corrected chi connectivity index (χ4v) is 2.29. The highest BCUT2D eigenvalue weighted by Crippen LogP contribution is 2.22. The van der Waals surface area contributed by atoms with Gasteiger partial charge in [0.15, 0.2) is 0 Å². The number of ether oxygens (including phenoxy) is 1. The van der Waals surface area contributed by atoms with Crippen molar-refractivity contribution < 1.29 is 9.53 Å². The molecule has 0 radical (unpaired) electrons. The van der Waals surface area contributed by atoms with E-state index >= 15 is 0 Å². The van der Waals surface area contributed by atoms with E-state index in [0.717, 1.165) is 30.8 Å². The highest BCUT2D eigenvalue weighted by molar-refractivity contribution is 5.93. The van der Waals surface area contributed by atoms with Gasteiger partial charge in [-0.05, 0) is 31.5 Å². The summed E-state index contributed by atoms with van der Waals surface area (Å²) in [6.07, 6.45) is 0.994. The maximum absolute atomic E-state index is 12.2. The van der Waals surface area contributed by atoms with Crippen LogP contribution in [0.3, 0.4) is 0 Å². The van der Waals surface area contributed by atoms with E-state index in [-0.39, 0.29) is 17.9 Å². The van der Waals surface area contributed by atoms with Crippen LogP contribution >= 0.6 is 0 Å². The van der Waals surface area contributed by atoms with Gasteiger partial charge in [-0.1, -0.05) is 25.1 Å². The molecule has 104 valence electrons. The molecule has 19 heavy (non-hydrogen) atoms. The molecule has 2 rings (SSSR count). The first-order valence-electron chi connectivity index (χ1n) is 6.91. The summed E-state index contributed by atoms with van der Waals surface area (Å²) < 4.78 is 5.45. The zero-order chi connectivity index (χ0) is 13.7. The number of carbonyl (C=O) groups is 1. The number of hydrogen-bond donors (Lipinski definition) is 2. The van der Waals surface area contributed by atoms with Crippen molar-refractivity contribution in [3.63, 3.8) is 0 Å². The van der Waals surface area contributed by atoms with Gasteiger partial charge in [0.2, 0.25) is 5.91 Å². The summed E-state index contributed by atoms with van der Waals surface area (Å²) in [5.74, 6) is 0.0375. The third kappa shape index (κ3) is 3.78. The molecule has 0 aromatic heterocycles. The lowest BCUT2D eigenvalue weighted by molar-refractivity contribution is -0.119. The molecular formula is C15H22N2O2. The number of benzene rings is 1. The molecule has 2 N–H and O–H groups in total. The summed E-state index contributed by atoms with van der Waals surface area (Å²) in [7, 11) is 0. The van der Waals surface area contributed by atoms with Gasteiger partial charge in [0, 0.05) is 12.2 Å². The Morgan fingerprint density at radius 1 is 1.42 bits per heavy atom. The fourth-order valence-electron chi connectivity index (χ4n) is 2.29. The van der Waals surface area contributed by atoms with Crippen molar-refractivity contribution in [1.29, 1.82) is 0 Å². The number of rotatable bonds is 5. The number of amides is 1. The number of para-hydroxylation sites is 1. The van der Waals surface area contributed by atoms with E-state index in [4.69, 9.17) is 4.74 Å². The molecule has 1 amide bonds. The highest BCUT2D eigenvalue weighted by Gasteiger charge is 2.28. The Kier molecular flexibility index (Phi) is 4.93. The van der Waals surface area contributed by atoms with E-state index in [9.17, 15) is 4.79 Å². The van der Waals surface area contributed by atoms with Crippen molar-refractivity contribution >= 4 is 11.6 Å². The van der Waals surface area contributed by atoms with Gasteiger partial charge in [0.25, 0.3) is 0 Å². The minimum atomic E-state index is -0.0257. The van der Waals surface area contributed by atoms with Crippen molar-refractivity contribution in [3.8, 4) is 0 Å². The first-order chi connectivity index (χ1) is 9.20. The quantitative estimate of drug-likeness (QED) is 0.855. The third-order valence-corrected chi connectivity index (χ3v) is 3.41. The van der Waals surface area contributed by atoms with Crippen LogP contribution in [0.15, 0.2) is 24.3 Å². The van der Waals surface area contributed by atoms with Crippen LogP contribution in [-0.2, 0) is 16.1 Å². The lowest BCUT2D eigenvalue weighted by atomic mass is 10.0. The normalized spacial score (nSPS) is 22.4. The van der Waals surface area contributed by atoms with Crippen LogP contribution in [0.1, 0.15) is 25.8 Å². The Bertz CT molecular complexity index is 434. The van der Waals surface area contributed by atoms with Crippen LogP contribution in [0.5, 0.6) is 0 Å². The topological polar surface area (TPSA) is 50.4 Å². The number of anilines is 1. The lowest BCUT2D eigenvalue weighted by Gasteiger charge is -2.13. The fraction of sp³-hybridized carbons (Fsp3) is 0.533. The molecule has 1 fully saturated rings. The number of hydrogen-bond acceptors (Lipinski definition) is 3. The van der Waals surface area contributed by atoms with Crippen molar-refractivity contribution in [3.05, 3.63) is 29.8 Å². The summed E-state index contributed by atoms with van der Waals surface area (Å²) >= 11 is 0. The molecular weight excluding hydrogens is 240 g/mol. The summed E-state index contributed by atoms with van der Waals surface area (Å²) in [6.45, 7) is 6.29. The highest BCUT2D eigenvalue weighted by atomic mass is 16.5. The summed E-state index contributed by atoms with van der Waals surface area (Å²) in [6, 6.07) is 7.91. The average molecular weight is 262 g/mol. The molecule has 0 spiro atoms. The largest absolute Gasteiger partial charge is 0.378 e. The molecule has 1 heterocycles. The minimum Gasteiger partial charge on any atom is -0.378 e. The van der Waals surface area contributed by atoms with E-state index in [2.05, 4.69) is 17.6 Å². The first kappa shape index (κ1) is 14.0. The maximum atomic E-state index is 12.2. The molecule has 4 heteroatoms. The third-order valence-electron chi connectivity index (χ3n) is 3.41. The van der Waals surface area contributed by atoms with E-state index in [1.54, 1.807) is 0 Å². The maximum Gasteiger partial charge on any atom is 0.229 e. The SMILES string of the molecule is CCNCc1ccccc1NC(=O)C1COC(C)C1. The second kappa shape index (κ2) is 6.68. The van der Waals surface area contributed by atoms with Gasteiger partial charge >= 0.3 is 0 Å². The van der Waals surface area contributed by atoms with Crippen LogP contribution in [0.25, 0.3) is 0 Å². The summed E-state index contributed by atoms with van der Waals surface area (Å²) in [4.78, 5) is 12.2. The van der Waals surface area contributed by atoms with Gasteiger partial charge in [-0.15, -0.1) is 0 Å². The Hall–Kier alpha value is -1.39. The van der Waals surface area contributed by atoms with Crippen LogP contribution < -0.4 is 10.6 Å². The van der Waals surface area contributed by atoms with Crippen molar-refractivity contribution in [2.75, 3.05) is 18.5 Å². The van der Waals surface area contributed by atoms with Gasteiger partial charge in [-0.2, -0.15) is 0 Å². The second-order valence-corrected chi connectivity index (χ2v) is 5.00. The van der Waals surface area contributed by atoms with Gasteiger partial charge in [0.1, 0.15) is 0 Å². The van der Waals surface area contributed by atoms with E-state index in [1.807, 2.05) is 31.2 Å². The van der Waals surface area contributed by atoms with Crippen LogP contribution in [0.2, 0.25) is 0 Å². The van der Waals surface area contributed by atoms with Gasteiger partial charge in [-0.25, -0.2) is 0 Å². The molecule has 2 unspecified atom stereocenters. The van der Waals surface area contributed by atoms with Gasteiger partial charge in [-0.3, -0.25) is 4.79 Å². The molecule has 2 atom stereocenters. The van der Waals surface area contributed by atoms with Crippen LogP contribution in [0, 0.1) is 5.92 Å². The molecule has 1 aromatic rings. The van der Waals surface area contributed by atoms with Crippen LogP contribution in [-0.4, -0.2) is 25.2 Å². The predicted octanol–water partition coefficient (Wildman–Crippen LogP) is 2.16. The Morgan fingerprint density at radius 3 is 2.89 bits per heavy atom. The van der Waals surface area contributed by atoms with Crippen molar-refractivity contribution in [1.82, 2.24) is 5.32 Å². The summed E-state index contributed by atoms with van der Waals surface area (Å²) in [5.41, 5.74) is 2.01. The van der Waals surface area contributed by atoms with Crippen molar-refractivity contribution in [2.24, 2.45) is 5.92 Å². The second-order valence-electron chi connectivity index (χ2n) is 5.00. The molecule has 0 saturated carbocycles. The molecule has 1 aliphatic rings. The smallest absolute Gasteiger partial charge is 0.229 e. The Labute approximate surface area is 114 Å². The standard InChI is InChI=1S/C15H22N2O2/c1-3-16-9-12-6-4-5-7-14(12)17-15(18)13-8-11(2)19-10-13/h4-7,11,13,16H,3,8-10H2,1-2H3,(H,17,18). The number of carbonyl (C=O) groups excluding carboxylic acids is 1. The zero-order valence-corrected chi connectivity index (χ0v) is 11.6. The van der Waals surface area contributed by atoms with E-state index in [1.165, 1.54) is 0 Å². The molecule has 4 nitrogen and oxygen atoms in total. The Morgan fingerprint density at radius 2 is 2.21 bits per heavy atom. The Balaban J connectivity index is 2.00. The summed E-state index contributed by atoms with van der Waals surface area (Å²) in [5, 5.41) is 6.30. The monoisotopic (exact) mass is 262 g/mol. The number of nitrogens with one attached hydrogen (secondary N) is 2. The van der Waals surface area contributed by atoms with Gasteiger partial charge < -0.3 is 15.4 Å². The molecule has 1 aromatic carbocycles. The minimum absolute atomic E-state index is 0.0257. The zero-order valence-electron chi connectivity index (χ0n) is 11.6. The molecule has 0 aliphatic carbocycles. The predicted molar refractivity (Wildman–Crippen MR) is 76.0 cm³/mol. The first-order valence-corrected chi connectivity index (χ1v) is 6.91. The van der Waals surface area contributed by atoms with Crippen molar-refractivity contribution in [2.45, 2.75) is 32.9 Å². The van der Waals surface area contributed by atoms with Gasteiger partial charge in [0.05, 0.1) is 18.6 Å². The molecule has 1 aliphatic heterocycles. The molecule has 0 bridgehead atoms. The van der Waals surface area contributed by atoms with E-state index < -0.39 is 0 Å². The van der Waals surface area contributed by atoms with Crippen LogP contribution in [0.4, 0.5) is 5.69 Å². The lowest BCUT2D eigenvalue weighted by Crippen LogP contribution is -2.24.